The largest absolute Gasteiger partial charge is 0.311 e. The van der Waals surface area contributed by atoms with Gasteiger partial charge in [0.2, 0.25) is 0 Å². The lowest BCUT2D eigenvalue weighted by Gasteiger charge is -2.66. The van der Waals surface area contributed by atoms with E-state index in [1.54, 1.807) is 5.56 Å². The quantitative estimate of drug-likeness (QED) is 0.158. The lowest BCUT2D eigenvalue weighted by Crippen LogP contribution is -2.59. The van der Waals surface area contributed by atoms with Crippen LogP contribution < -0.4 is 4.90 Å². The van der Waals surface area contributed by atoms with E-state index in [-0.39, 0.29) is 0 Å². The van der Waals surface area contributed by atoms with Gasteiger partial charge in [-0.05, 0) is 148 Å². The summed E-state index contributed by atoms with van der Waals surface area (Å²) < 4.78 is 2.46. The second kappa shape index (κ2) is 12.1. The molecule has 1 aromatic heterocycles. The van der Waals surface area contributed by atoms with Crippen LogP contribution in [-0.4, -0.2) is 4.57 Å². The molecule has 2 nitrogen and oxygen atoms in total. The van der Waals surface area contributed by atoms with Gasteiger partial charge in [-0.25, -0.2) is 0 Å². The maximum Gasteiger partial charge on any atom is 0.0619 e. The van der Waals surface area contributed by atoms with Gasteiger partial charge in [-0.1, -0.05) is 133 Å². The van der Waals surface area contributed by atoms with E-state index in [9.17, 15) is 0 Å². The topological polar surface area (TPSA) is 8.17 Å². The van der Waals surface area contributed by atoms with Crippen molar-refractivity contribution in [2.75, 3.05) is 4.90 Å². The average molecular weight is 745 g/mol. The van der Waals surface area contributed by atoms with Crippen molar-refractivity contribution in [1.82, 2.24) is 4.57 Å². The summed E-state index contributed by atoms with van der Waals surface area (Å²) in [5.41, 5.74) is 14.8. The first-order chi connectivity index (χ1) is 28.6. The van der Waals surface area contributed by atoms with Crippen LogP contribution in [0.5, 0.6) is 0 Å². The number of benzene rings is 8. The van der Waals surface area contributed by atoms with E-state index in [4.69, 9.17) is 0 Å². The summed E-state index contributed by atoms with van der Waals surface area (Å²) in [5, 5.41) is 5.09. The van der Waals surface area contributed by atoms with Crippen LogP contribution in [0, 0.1) is 23.2 Å². The van der Waals surface area contributed by atoms with E-state index < -0.39 is 0 Å². The third-order valence-corrected chi connectivity index (χ3v) is 15.4. The highest BCUT2D eigenvalue weighted by Gasteiger charge is 2.77. The Morgan fingerprint density at radius 1 is 0.448 bits per heavy atom. The smallest absolute Gasteiger partial charge is 0.0619 e. The van der Waals surface area contributed by atoms with E-state index in [0.717, 1.165) is 28.9 Å². The van der Waals surface area contributed by atoms with Gasteiger partial charge in [0.1, 0.15) is 0 Å². The van der Waals surface area contributed by atoms with Gasteiger partial charge in [-0.15, -0.1) is 0 Å². The van der Waals surface area contributed by atoms with Crippen LogP contribution in [0.1, 0.15) is 37.7 Å². The van der Waals surface area contributed by atoms with Crippen molar-refractivity contribution in [3.63, 3.8) is 0 Å². The molecule has 9 aromatic rings. The van der Waals surface area contributed by atoms with E-state index in [2.05, 4.69) is 198 Å². The third-order valence-electron chi connectivity index (χ3n) is 15.4. The summed E-state index contributed by atoms with van der Waals surface area (Å²) in [5.74, 6) is 3.02. The molecule has 0 amide bonds. The van der Waals surface area contributed by atoms with E-state index in [0.29, 0.717) is 5.41 Å². The monoisotopic (exact) mass is 744 g/mol. The summed E-state index contributed by atoms with van der Waals surface area (Å²) in [7, 11) is 0. The van der Waals surface area contributed by atoms with Crippen molar-refractivity contribution in [1.29, 1.82) is 0 Å². The van der Waals surface area contributed by atoms with Gasteiger partial charge in [-0.3, -0.25) is 0 Å². The Bertz CT molecular complexity index is 3030. The first-order valence-corrected chi connectivity index (χ1v) is 21.3. The Labute approximate surface area is 340 Å². The molecule has 13 rings (SSSR count). The summed E-state index contributed by atoms with van der Waals surface area (Å²) in [6, 6.07) is 69.9. The molecule has 1 heterocycles. The molecule has 2 bridgehead atoms. The molecule has 8 aromatic carbocycles. The number of anilines is 3. The standard InChI is InChI=1S/C56H44N2/c1-2-9-37(10-3-1)38-17-24-46(25-18-38)57(48-28-22-42(23-29-48)55-34-44-32-43-33-45(35-55)56(43,44)36-55)47-26-19-39(20-27-47)41-12-8-13-49(31-41)58-53-16-7-6-15-51(53)52-30-21-40-11-4-5-14-50(40)54(52)58/h1-31,43-45H,32-36H2/t43?,44-,45-,55?,56?/m0/s1. The van der Waals surface area contributed by atoms with Gasteiger partial charge < -0.3 is 9.47 Å². The van der Waals surface area contributed by atoms with Gasteiger partial charge in [0, 0.05) is 38.9 Å². The van der Waals surface area contributed by atoms with E-state index in [1.807, 2.05) is 0 Å². The van der Waals surface area contributed by atoms with Crippen molar-refractivity contribution in [3.8, 4) is 27.9 Å². The molecule has 0 N–H and O–H groups in total. The third kappa shape index (κ3) is 4.55. The number of aromatic nitrogens is 1. The zero-order valence-corrected chi connectivity index (χ0v) is 32.6. The van der Waals surface area contributed by atoms with Gasteiger partial charge in [-0.2, -0.15) is 0 Å². The average Bonchev–Trinajstić information content (AvgIpc) is 3.91. The fraction of sp³-hybridized carbons (Fsp3) is 0.179. The first kappa shape index (κ1) is 32.7. The highest BCUT2D eigenvalue weighted by molar-refractivity contribution is 6.18. The summed E-state index contributed by atoms with van der Waals surface area (Å²) in [4.78, 5) is 2.44. The van der Waals surface area contributed by atoms with Crippen molar-refractivity contribution >= 4 is 49.6 Å². The Balaban J connectivity index is 0.878. The molecule has 0 saturated heterocycles. The van der Waals surface area contributed by atoms with Gasteiger partial charge in [0.05, 0.1) is 11.0 Å². The number of nitrogens with zero attached hydrogens (tertiary/aromatic N) is 2. The highest BCUT2D eigenvalue weighted by Crippen LogP contribution is 2.84. The molecule has 2 atom stereocenters. The Hall–Kier alpha value is -6.38. The molecule has 4 fully saturated rings. The van der Waals surface area contributed by atoms with E-state index >= 15 is 0 Å². The molecule has 1 spiro atoms. The number of fused-ring (bicyclic) bond motifs is 6. The maximum absolute atomic E-state index is 2.49. The van der Waals surface area contributed by atoms with Crippen LogP contribution in [0.4, 0.5) is 17.1 Å². The molecule has 4 aliphatic carbocycles. The molecular weight excluding hydrogens is 701 g/mol. The number of hydrogen-bond acceptors (Lipinski definition) is 1. The molecule has 0 radical (unpaired) electrons. The van der Waals surface area contributed by atoms with Crippen LogP contribution >= 0.6 is 0 Å². The predicted octanol–water partition coefficient (Wildman–Crippen LogP) is 14.8. The van der Waals surface area contributed by atoms with Crippen molar-refractivity contribution < 1.29 is 0 Å². The second-order valence-electron chi connectivity index (χ2n) is 18.0. The minimum absolute atomic E-state index is 0.407. The minimum atomic E-state index is 0.407. The van der Waals surface area contributed by atoms with Crippen LogP contribution in [0.15, 0.2) is 188 Å². The Morgan fingerprint density at radius 2 is 1.03 bits per heavy atom. The van der Waals surface area contributed by atoms with Crippen molar-refractivity contribution in [2.45, 2.75) is 37.5 Å². The maximum atomic E-state index is 2.49. The lowest BCUT2D eigenvalue weighted by atomic mass is 9.38. The fourth-order valence-corrected chi connectivity index (χ4v) is 12.9. The Morgan fingerprint density at radius 3 is 1.72 bits per heavy atom. The minimum Gasteiger partial charge on any atom is -0.311 e. The number of rotatable bonds is 7. The zero-order chi connectivity index (χ0) is 38.0. The van der Waals surface area contributed by atoms with Crippen LogP contribution in [0.25, 0.3) is 60.5 Å². The highest BCUT2D eigenvalue weighted by atomic mass is 15.1. The molecule has 4 aliphatic rings. The fourth-order valence-electron chi connectivity index (χ4n) is 12.9. The van der Waals surface area contributed by atoms with Gasteiger partial charge in [0.15, 0.2) is 0 Å². The second-order valence-corrected chi connectivity index (χ2v) is 18.0. The molecule has 2 heteroatoms. The van der Waals surface area contributed by atoms with Crippen molar-refractivity contribution in [2.24, 2.45) is 23.2 Å². The zero-order valence-electron chi connectivity index (χ0n) is 32.6. The van der Waals surface area contributed by atoms with Gasteiger partial charge >= 0.3 is 0 Å². The molecule has 4 saturated carbocycles. The SMILES string of the molecule is c1ccc(-c2ccc(N(c3ccc(-c4cccc(-n5c6ccccc6c6ccc7ccccc7c65)c4)cc3)c3ccc(C45C[C@@H]6CC7C[C@@H](C4)C76C5)cc3)cc2)cc1. The normalized spacial score (nSPS) is 23.8. The predicted molar refractivity (Wildman–Crippen MR) is 242 cm³/mol. The number of para-hydroxylation sites is 1. The van der Waals surface area contributed by atoms with Crippen LogP contribution in [0.3, 0.4) is 0 Å². The molecule has 0 aliphatic heterocycles. The molecule has 58 heavy (non-hydrogen) atoms. The van der Waals surface area contributed by atoms with E-state index in [1.165, 1.54) is 104 Å². The van der Waals surface area contributed by atoms with Gasteiger partial charge in [0.25, 0.3) is 0 Å². The first-order valence-electron chi connectivity index (χ1n) is 21.3. The molecule has 0 unspecified atom stereocenters. The van der Waals surface area contributed by atoms with Crippen molar-refractivity contribution in [3.05, 3.63) is 194 Å². The van der Waals surface area contributed by atoms with Crippen LogP contribution in [0.2, 0.25) is 0 Å². The number of hydrogen-bond donors (Lipinski definition) is 0. The summed E-state index contributed by atoms with van der Waals surface area (Å²) >= 11 is 0. The van der Waals surface area contributed by atoms with Crippen LogP contribution in [-0.2, 0) is 5.41 Å². The lowest BCUT2D eigenvalue weighted by molar-refractivity contribution is -0.175. The summed E-state index contributed by atoms with van der Waals surface area (Å²) in [6.45, 7) is 0. The molecular formula is C56H44N2. The summed E-state index contributed by atoms with van der Waals surface area (Å²) in [6.07, 6.45) is 7.28. The Kier molecular flexibility index (Phi) is 6.80. The molecule has 278 valence electrons.